The lowest BCUT2D eigenvalue weighted by Crippen LogP contribution is -2.65. The number of thioether (sulfide) groups is 1. The largest absolute Gasteiger partial charge is 0.472 e. The van der Waals surface area contributed by atoms with E-state index in [2.05, 4.69) is 15.2 Å². The van der Waals surface area contributed by atoms with Crippen molar-refractivity contribution in [3.8, 4) is 17.1 Å². The van der Waals surface area contributed by atoms with Crippen LogP contribution in [-0.4, -0.2) is 80.3 Å². The Balaban J connectivity index is 1.47. The Kier molecular flexibility index (Phi) is 8.21. The zero-order chi connectivity index (χ0) is 34.2. The van der Waals surface area contributed by atoms with Crippen LogP contribution in [-0.2, 0) is 9.47 Å². The van der Waals surface area contributed by atoms with Crippen LogP contribution in [0.3, 0.4) is 0 Å². The van der Waals surface area contributed by atoms with E-state index in [-0.39, 0.29) is 41.3 Å². The molecule has 0 spiro atoms. The van der Waals surface area contributed by atoms with Crippen LogP contribution in [0.1, 0.15) is 72.4 Å². The number of nitrogens with one attached hydrogen (secondary N) is 1. The molecule has 1 aromatic carbocycles. The van der Waals surface area contributed by atoms with E-state index in [1.54, 1.807) is 27.7 Å². The molecule has 252 valence electrons. The lowest BCUT2D eigenvalue weighted by atomic mass is 9.98. The van der Waals surface area contributed by atoms with Crippen LogP contribution in [0.2, 0.25) is 0 Å². The molecule has 2 saturated heterocycles. The minimum atomic E-state index is -0.686. The van der Waals surface area contributed by atoms with Crippen molar-refractivity contribution in [1.29, 1.82) is 0 Å². The monoisotopic (exact) mass is 666 g/mol. The minimum absolute atomic E-state index is 0.0571. The number of benzene rings is 1. The van der Waals surface area contributed by atoms with Crippen LogP contribution >= 0.6 is 11.8 Å². The Morgan fingerprint density at radius 2 is 1.74 bits per heavy atom. The van der Waals surface area contributed by atoms with Crippen LogP contribution in [0.4, 0.5) is 25.5 Å². The van der Waals surface area contributed by atoms with E-state index in [1.807, 2.05) is 57.9 Å². The van der Waals surface area contributed by atoms with Crippen molar-refractivity contribution in [2.75, 3.05) is 23.0 Å². The molecule has 3 aliphatic heterocycles. The van der Waals surface area contributed by atoms with E-state index in [0.29, 0.717) is 39.7 Å². The molecule has 6 rings (SSSR count). The number of pyridine rings is 1. The van der Waals surface area contributed by atoms with Crippen molar-refractivity contribution in [2.45, 2.75) is 116 Å². The molecule has 3 aliphatic rings. The van der Waals surface area contributed by atoms with Gasteiger partial charge in [0.05, 0.1) is 18.1 Å². The lowest BCUT2D eigenvalue weighted by molar-refractivity contribution is 0.000930. The number of aromatic nitrogens is 3. The van der Waals surface area contributed by atoms with Gasteiger partial charge in [0.1, 0.15) is 39.7 Å². The summed E-state index contributed by atoms with van der Waals surface area (Å²) in [6.45, 7) is 17.1. The molecule has 1 N–H and O–H groups in total. The first-order chi connectivity index (χ1) is 22.0. The Labute approximate surface area is 278 Å². The van der Waals surface area contributed by atoms with Crippen molar-refractivity contribution in [3.05, 3.63) is 29.1 Å². The summed E-state index contributed by atoms with van der Waals surface area (Å²) in [5.74, 6) is 0.170. The predicted molar refractivity (Wildman–Crippen MR) is 180 cm³/mol. The van der Waals surface area contributed by atoms with Crippen molar-refractivity contribution in [2.24, 2.45) is 0 Å². The third-order valence-corrected chi connectivity index (χ3v) is 9.25. The Morgan fingerprint density at radius 1 is 1.04 bits per heavy atom. The highest BCUT2D eigenvalue weighted by molar-refractivity contribution is 7.98. The van der Waals surface area contributed by atoms with Gasteiger partial charge in [-0.15, -0.1) is 0 Å². The maximum atomic E-state index is 16.8. The van der Waals surface area contributed by atoms with Gasteiger partial charge in [-0.3, -0.25) is 10.2 Å². The van der Waals surface area contributed by atoms with Crippen molar-refractivity contribution in [3.63, 3.8) is 0 Å². The zero-order valence-corrected chi connectivity index (χ0v) is 29.5. The molecule has 13 heteroatoms. The number of hydrogen-bond acceptors (Lipinski definition) is 10. The summed E-state index contributed by atoms with van der Waals surface area (Å²) in [4.78, 5) is 44.5. The summed E-state index contributed by atoms with van der Waals surface area (Å²) < 4.78 is 34.8. The first-order valence-corrected chi connectivity index (χ1v) is 17.2. The summed E-state index contributed by atoms with van der Waals surface area (Å²) in [5.41, 5.74) is 1.23. The summed E-state index contributed by atoms with van der Waals surface area (Å²) >= 11 is 1.33. The normalized spacial score (nSPS) is 22.0. The molecule has 11 nitrogen and oxygen atoms in total. The first-order valence-electron chi connectivity index (χ1n) is 16.0. The number of aryl methyl sites for hydroxylation is 1. The number of carbonyl (C=O) groups excluding carboxylic acids is 2. The minimum Gasteiger partial charge on any atom is -0.472 e. The third-order valence-electron chi connectivity index (χ3n) is 8.70. The fraction of sp³-hybridized carbons (Fsp3) is 0.559. The molecule has 47 heavy (non-hydrogen) atoms. The highest BCUT2D eigenvalue weighted by atomic mass is 32.2. The SMILES string of the molecule is CSc1nc2c3c(nc(-c4cc(C)cc(NC(=O)OC(C)(C)C)c4C)c(F)c3n1)O[C@@H](C)C1[C@@H]3CC[C@H](CN21)N3C(=O)OC(C)(C)C. The number of halogens is 1. The molecular weight excluding hydrogens is 623 g/mol. The van der Waals surface area contributed by atoms with Gasteiger partial charge >= 0.3 is 12.2 Å². The molecule has 3 aromatic rings. The number of rotatable bonds is 3. The van der Waals surface area contributed by atoms with Gasteiger partial charge < -0.3 is 19.1 Å². The molecular formula is C34H43FN6O5S. The fourth-order valence-electron chi connectivity index (χ4n) is 6.94. The summed E-state index contributed by atoms with van der Waals surface area (Å²) in [6.07, 6.45) is 2.06. The fourth-order valence-corrected chi connectivity index (χ4v) is 7.30. The van der Waals surface area contributed by atoms with E-state index in [0.717, 1.165) is 18.4 Å². The average Bonchev–Trinajstić information content (AvgIpc) is 3.20. The van der Waals surface area contributed by atoms with Crippen LogP contribution in [0, 0.1) is 19.7 Å². The molecule has 0 aliphatic carbocycles. The van der Waals surface area contributed by atoms with E-state index >= 15 is 4.39 Å². The van der Waals surface area contributed by atoms with Gasteiger partial charge in [0.2, 0.25) is 5.88 Å². The number of fused-ring (bicyclic) bond motifs is 5. The Morgan fingerprint density at radius 3 is 2.40 bits per heavy atom. The highest BCUT2D eigenvalue weighted by Gasteiger charge is 2.53. The number of ether oxygens (including phenoxy) is 3. The summed E-state index contributed by atoms with van der Waals surface area (Å²) in [5, 5.41) is 3.63. The standard InChI is InChI=1S/C34H43FN6O5S/c1-16-13-20(17(2)21(14-16)36-31(42)45-33(4,5)6)25-24(35)26-23-28(39-30(38-26)47-10)40-15-19-11-12-22(27(40)18(3)44-29(23)37-25)41(19)32(43)46-34(7,8)9/h13-14,18-19,22,27H,11-12,15H2,1-10H3,(H,36,42)/t18-,19+,22-,27?/m0/s1. The molecule has 5 heterocycles. The van der Waals surface area contributed by atoms with Gasteiger partial charge in [0.25, 0.3) is 0 Å². The van der Waals surface area contributed by atoms with E-state index in [4.69, 9.17) is 24.2 Å². The molecule has 2 aromatic heterocycles. The number of amides is 2. The lowest BCUT2D eigenvalue weighted by Gasteiger charge is -2.48. The van der Waals surface area contributed by atoms with Gasteiger partial charge in [-0.2, -0.15) is 0 Å². The number of piperazine rings is 1. The Hall–Kier alpha value is -3.87. The Bertz CT molecular complexity index is 1770. The third kappa shape index (κ3) is 6.14. The maximum Gasteiger partial charge on any atom is 0.412 e. The van der Waals surface area contributed by atoms with Gasteiger partial charge in [-0.05, 0) is 105 Å². The number of carbonyl (C=O) groups is 2. The van der Waals surface area contributed by atoms with Gasteiger partial charge in [0.15, 0.2) is 11.0 Å². The summed E-state index contributed by atoms with van der Waals surface area (Å²) in [7, 11) is 0. The van der Waals surface area contributed by atoms with Crippen LogP contribution < -0.4 is 15.0 Å². The second-order valence-electron chi connectivity index (χ2n) is 14.6. The quantitative estimate of drug-likeness (QED) is 0.226. The molecule has 2 amide bonds. The van der Waals surface area contributed by atoms with Crippen molar-refractivity contribution < 1.29 is 28.2 Å². The van der Waals surface area contributed by atoms with Crippen LogP contribution in [0.25, 0.3) is 22.2 Å². The maximum absolute atomic E-state index is 16.8. The zero-order valence-electron chi connectivity index (χ0n) is 28.6. The van der Waals surface area contributed by atoms with Crippen LogP contribution in [0.5, 0.6) is 5.88 Å². The second-order valence-corrected chi connectivity index (χ2v) is 15.4. The first kappa shape index (κ1) is 33.0. The molecule has 1 unspecified atom stereocenters. The molecule has 4 atom stereocenters. The van der Waals surface area contributed by atoms with Crippen LogP contribution in [0.15, 0.2) is 17.3 Å². The topological polar surface area (TPSA) is 119 Å². The van der Waals surface area contributed by atoms with Gasteiger partial charge in [-0.1, -0.05) is 11.8 Å². The van der Waals surface area contributed by atoms with E-state index in [1.165, 1.54) is 11.8 Å². The smallest absolute Gasteiger partial charge is 0.412 e. The van der Waals surface area contributed by atoms with Crippen molar-refractivity contribution in [1.82, 2.24) is 19.9 Å². The molecule has 2 bridgehead atoms. The van der Waals surface area contributed by atoms with Gasteiger partial charge in [-0.25, -0.2) is 28.9 Å². The second kappa shape index (κ2) is 11.7. The van der Waals surface area contributed by atoms with E-state index in [9.17, 15) is 9.59 Å². The number of hydrogen-bond donors (Lipinski definition) is 1. The molecule has 0 saturated carbocycles. The molecule has 2 fully saturated rings. The number of anilines is 2. The number of nitrogens with zero attached hydrogens (tertiary/aromatic N) is 5. The van der Waals surface area contributed by atoms with Gasteiger partial charge in [0, 0.05) is 17.8 Å². The predicted octanol–water partition coefficient (Wildman–Crippen LogP) is 7.25. The summed E-state index contributed by atoms with van der Waals surface area (Å²) in [6, 6.07) is 3.08. The molecule has 0 radical (unpaired) electrons. The van der Waals surface area contributed by atoms with E-state index < -0.39 is 29.2 Å². The highest BCUT2D eigenvalue weighted by Crippen LogP contribution is 2.47. The van der Waals surface area contributed by atoms with Crippen molar-refractivity contribution >= 4 is 46.4 Å². The average molecular weight is 667 g/mol.